The first kappa shape index (κ1) is 33.2. The molecule has 0 radical (unpaired) electrons. The van der Waals surface area contributed by atoms with Gasteiger partial charge in [-0.15, -0.1) is 0 Å². The van der Waals surface area contributed by atoms with Crippen molar-refractivity contribution in [2.45, 2.75) is 39.5 Å². The van der Waals surface area contributed by atoms with Crippen molar-refractivity contribution >= 4 is 23.9 Å². The molecule has 23 heavy (non-hydrogen) atoms. The van der Waals surface area contributed by atoms with Crippen LogP contribution >= 0.6 is 0 Å². The van der Waals surface area contributed by atoms with E-state index in [1.807, 2.05) is 0 Å². The van der Waals surface area contributed by atoms with Gasteiger partial charge in [-0.05, 0) is 25.9 Å². The van der Waals surface area contributed by atoms with Crippen molar-refractivity contribution in [3.05, 3.63) is 0 Å². The Hall–Kier alpha value is -1.51. The van der Waals surface area contributed by atoms with Crippen LogP contribution in [0.1, 0.15) is 39.5 Å². The average molecular weight is 521 g/mol. The molecule has 0 spiro atoms. The number of hydrogen-bond donors (Lipinski definition) is 6. The van der Waals surface area contributed by atoms with Crippen LogP contribution in [-0.2, 0) is 40.2 Å². The quantitative estimate of drug-likeness (QED) is 0.254. The van der Waals surface area contributed by atoms with Crippen LogP contribution in [0.15, 0.2) is 0 Å². The first-order valence-corrected chi connectivity index (χ1v) is 6.23. The summed E-state index contributed by atoms with van der Waals surface area (Å²) < 4.78 is 0. The largest absolute Gasteiger partial charge is 2.00 e. The predicted molar refractivity (Wildman–Crippen MR) is 78.5 cm³/mol. The third kappa shape index (κ3) is 166. The van der Waals surface area contributed by atoms with Gasteiger partial charge >= 0.3 is 33.0 Å². The average Bonchev–Trinajstić information content (AvgIpc) is 2.33. The van der Waals surface area contributed by atoms with Crippen molar-refractivity contribution in [3.63, 3.8) is 0 Å². The van der Waals surface area contributed by atoms with E-state index in [0.717, 1.165) is 39.8 Å². The van der Waals surface area contributed by atoms with Gasteiger partial charge in [-0.25, -0.2) is 0 Å². The first-order valence-electron chi connectivity index (χ1n) is 6.23. The number of hydrogen-bond acceptors (Lipinski definition) is 6. The summed E-state index contributed by atoms with van der Waals surface area (Å²) >= 11 is 0. The van der Waals surface area contributed by atoms with Gasteiger partial charge < -0.3 is 31.9 Å². The Kier molecular flexibility index (Phi) is 41.3. The number of unbranched alkanes of at least 4 members (excludes halogenated alkanes) is 1. The Bertz CT molecular complexity index is 275. The molecule has 0 aliphatic heterocycles. The van der Waals surface area contributed by atoms with E-state index in [2.05, 4.69) is 0 Å². The molecule has 0 saturated heterocycles. The topological polar surface area (TPSA) is 201 Å². The number of nitrogens with two attached hydrogens (primary N) is 2. The second kappa shape index (κ2) is 28.6. The van der Waals surface area contributed by atoms with Crippen LogP contribution in [0.3, 0.4) is 0 Å². The van der Waals surface area contributed by atoms with Crippen LogP contribution in [0.4, 0.5) is 0 Å². The van der Waals surface area contributed by atoms with E-state index in [1.54, 1.807) is 0 Å². The number of carbonyl (C=O) groups is 4. The molecule has 8 N–H and O–H groups in total. The van der Waals surface area contributed by atoms with Gasteiger partial charge in [-0.2, -0.15) is 0 Å². The molecule has 0 heterocycles. The maximum Gasteiger partial charge on any atom is 2.00 e. The molecular formula is C12H26N2O8Pt+2. The van der Waals surface area contributed by atoms with E-state index >= 15 is 0 Å². The van der Waals surface area contributed by atoms with E-state index in [1.165, 1.54) is 0 Å². The van der Waals surface area contributed by atoms with E-state index in [0.29, 0.717) is 0 Å². The molecule has 0 amide bonds. The van der Waals surface area contributed by atoms with Gasteiger partial charge in [0.1, 0.15) is 0 Å². The van der Waals surface area contributed by atoms with Gasteiger partial charge in [0, 0.05) is 13.8 Å². The van der Waals surface area contributed by atoms with Crippen LogP contribution < -0.4 is 11.5 Å². The standard InChI is InChI=1S/C4H12N2.C4H6O4.2C2H4O2.Pt/c5-3-1-2-4-6;5-3(6)1-2-4(7)8;2*1-2(3)4;/h1-6H2;1-2H2,(H,5,6)(H,7,8);2*1H3,(H,3,4);/q;;;;+2. The van der Waals surface area contributed by atoms with Crippen molar-refractivity contribution in [2.24, 2.45) is 11.5 Å². The molecular weight excluding hydrogens is 495 g/mol. The Morgan fingerprint density at radius 2 is 0.870 bits per heavy atom. The third-order valence-corrected chi connectivity index (χ3v) is 1.21. The molecule has 0 aromatic carbocycles. The fourth-order valence-corrected chi connectivity index (χ4v) is 0.503. The monoisotopic (exact) mass is 521 g/mol. The summed E-state index contributed by atoms with van der Waals surface area (Å²) in [5.41, 5.74) is 10.3. The van der Waals surface area contributed by atoms with Crippen LogP contribution in [0.5, 0.6) is 0 Å². The summed E-state index contributed by atoms with van der Waals surface area (Å²) in [6.07, 6.45) is 1.54. The second-order valence-corrected chi connectivity index (χ2v) is 3.61. The van der Waals surface area contributed by atoms with E-state index < -0.39 is 23.9 Å². The number of aliphatic carboxylic acids is 4. The second-order valence-electron chi connectivity index (χ2n) is 3.61. The van der Waals surface area contributed by atoms with Crippen LogP contribution in [0, 0.1) is 0 Å². The Labute approximate surface area is 149 Å². The minimum atomic E-state index is -1.08. The normalized spacial score (nSPS) is 7.48. The molecule has 0 aromatic rings. The van der Waals surface area contributed by atoms with Crippen LogP contribution in [0.25, 0.3) is 0 Å². The predicted octanol–water partition coefficient (Wildman–Crippen LogP) is -0.201. The van der Waals surface area contributed by atoms with Crippen molar-refractivity contribution in [2.75, 3.05) is 13.1 Å². The number of carboxylic acid groups (broad SMARTS) is 4. The number of rotatable bonds is 6. The molecule has 0 atom stereocenters. The SMILES string of the molecule is CC(=O)O.CC(=O)O.NCCCCN.O=C(O)CCC(=O)O.[Pt+2]. The summed E-state index contributed by atoms with van der Waals surface area (Å²) in [4.78, 5) is 37.3. The van der Waals surface area contributed by atoms with Gasteiger partial charge in [0.25, 0.3) is 11.9 Å². The molecule has 10 nitrogen and oxygen atoms in total. The van der Waals surface area contributed by atoms with E-state index in [-0.39, 0.29) is 33.9 Å². The molecule has 0 saturated carbocycles. The molecule has 0 aliphatic rings. The first-order chi connectivity index (χ1) is 10.0. The summed E-state index contributed by atoms with van der Waals surface area (Å²) in [6, 6.07) is 0. The summed E-state index contributed by atoms with van der Waals surface area (Å²) in [7, 11) is 0. The zero-order valence-corrected chi connectivity index (χ0v) is 15.4. The Morgan fingerprint density at radius 3 is 0.957 bits per heavy atom. The molecule has 140 valence electrons. The molecule has 0 bridgehead atoms. The van der Waals surface area contributed by atoms with E-state index in [9.17, 15) is 9.59 Å². The van der Waals surface area contributed by atoms with Crippen molar-refractivity contribution in [3.8, 4) is 0 Å². The zero-order valence-electron chi connectivity index (χ0n) is 13.1. The Balaban J connectivity index is -0.0000000646. The number of carboxylic acids is 4. The summed E-state index contributed by atoms with van der Waals surface area (Å²) in [5, 5.41) is 30.6. The molecule has 0 rings (SSSR count). The summed E-state index contributed by atoms with van der Waals surface area (Å²) in [6.45, 7) is 3.72. The van der Waals surface area contributed by atoms with Crippen LogP contribution in [0.2, 0.25) is 0 Å². The molecule has 0 aliphatic carbocycles. The van der Waals surface area contributed by atoms with Crippen LogP contribution in [-0.4, -0.2) is 57.4 Å². The van der Waals surface area contributed by atoms with Gasteiger partial charge in [0.2, 0.25) is 0 Å². The molecule has 0 fully saturated rings. The third-order valence-electron chi connectivity index (χ3n) is 1.21. The minimum absolute atomic E-state index is 0. The smallest absolute Gasteiger partial charge is 0.481 e. The summed E-state index contributed by atoms with van der Waals surface area (Å²) in [5.74, 6) is -3.82. The van der Waals surface area contributed by atoms with Gasteiger partial charge in [0.05, 0.1) is 12.8 Å². The zero-order chi connectivity index (χ0) is 18.6. The van der Waals surface area contributed by atoms with Gasteiger partial charge in [-0.3, -0.25) is 19.2 Å². The van der Waals surface area contributed by atoms with Crippen molar-refractivity contribution < 1.29 is 60.7 Å². The molecule has 11 heteroatoms. The molecule has 0 aromatic heterocycles. The van der Waals surface area contributed by atoms with Crippen molar-refractivity contribution in [1.29, 1.82) is 0 Å². The maximum absolute atomic E-state index is 9.64. The molecule has 0 unspecified atom stereocenters. The minimum Gasteiger partial charge on any atom is -0.481 e. The Morgan fingerprint density at radius 1 is 0.696 bits per heavy atom. The fraction of sp³-hybridized carbons (Fsp3) is 0.667. The van der Waals surface area contributed by atoms with Crippen molar-refractivity contribution in [1.82, 2.24) is 0 Å². The maximum atomic E-state index is 9.64. The van der Waals surface area contributed by atoms with Gasteiger partial charge in [-0.1, -0.05) is 0 Å². The van der Waals surface area contributed by atoms with E-state index in [4.69, 9.17) is 41.5 Å². The van der Waals surface area contributed by atoms with Gasteiger partial charge in [0.15, 0.2) is 0 Å². The fourth-order valence-electron chi connectivity index (χ4n) is 0.503.